The van der Waals surface area contributed by atoms with Gasteiger partial charge in [0.05, 0.1) is 11.1 Å². The molecule has 2 heteroatoms. The molecule has 170 valence electrons. The lowest BCUT2D eigenvalue weighted by Crippen LogP contribution is -2.10. The van der Waals surface area contributed by atoms with Gasteiger partial charge < -0.3 is 9.32 Å². The van der Waals surface area contributed by atoms with Gasteiger partial charge in [0.1, 0.15) is 11.2 Å². The Balaban J connectivity index is 1.46. The molecule has 2 nitrogen and oxygen atoms in total. The summed E-state index contributed by atoms with van der Waals surface area (Å²) in [5.74, 6) is 0. The Morgan fingerprint density at radius 1 is 0.444 bits per heavy atom. The predicted molar refractivity (Wildman–Crippen MR) is 151 cm³/mol. The van der Waals surface area contributed by atoms with Crippen LogP contribution in [0.4, 0.5) is 17.1 Å². The Labute approximate surface area is 209 Å². The van der Waals surface area contributed by atoms with Crippen molar-refractivity contribution in [3.05, 3.63) is 140 Å². The van der Waals surface area contributed by atoms with Crippen LogP contribution in [0.15, 0.2) is 144 Å². The number of hydrogen-bond donors (Lipinski definition) is 0. The van der Waals surface area contributed by atoms with Crippen molar-refractivity contribution >= 4 is 49.8 Å². The number of fused-ring (bicyclic) bond motifs is 4. The van der Waals surface area contributed by atoms with Crippen LogP contribution in [0.2, 0.25) is 0 Å². The molecule has 1 aromatic heterocycles. The van der Waals surface area contributed by atoms with Gasteiger partial charge in [-0.2, -0.15) is 0 Å². The first kappa shape index (κ1) is 20.5. The van der Waals surface area contributed by atoms with E-state index in [0.29, 0.717) is 0 Å². The van der Waals surface area contributed by atoms with E-state index in [0.717, 1.165) is 39.0 Å². The highest BCUT2D eigenvalue weighted by molar-refractivity contribution is 6.16. The monoisotopic (exact) mass is 461 g/mol. The average molecular weight is 462 g/mol. The highest BCUT2D eigenvalue weighted by atomic mass is 16.3. The number of anilines is 3. The predicted octanol–water partition coefficient (Wildman–Crippen LogP) is 9.88. The second kappa shape index (κ2) is 8.44. The molecule has 0 saturated heterocycles. The number of para-hydroxylation sites is 1. The largest absolute Gasteiger partial charge is 0.456 e. The Kier molecular flexibility index (Phi) is 4.82. The molecule has 0 bridgehead atoms. The second-order valence-electron chi connectivity index (χ2n) is 9.03. The SMILES string of the molecule is c1ccc(-c2ccc(N(c3ccccc3)c3cccc4oc5cc6ccccc6cc5c34)cc2)cc1. The fourth-order valence-electron chi connectivity index (χ4n) is 5.12. The lowest BCUT2D eigenvalue weighted by molar-refractivity contribution is 0.669. The van der Waals surface area contributed by atoms with Crippen molar-refractivity contribution in [3.8, 4) is 11.1 Å². The van der Waals surface area contributed by atoms with Crippen molar-refractivity contribution in [2.24, 2.45) is 0 Å². The van der Waals surface area contributed by atoms with Crippen LogP contribution < -0.4 is 4.90 Å². The van der Waals surface area contributed by atoms with Crippen LogP contribution in [0.5, 0.6) is 0 Å². The molecule has 0 N–H and O–H groups in total. The number of hydrogen-bond acceptors (Lipinski definition) is 2. The van der Waals surface area contributed by atoms with E-state index in [1.165, 1.54) is 21.9 Å². The summed E-state index contributed by atoms with van der Waals surface area (Å²) in [5, 5.41) is 4.64. The molecule has 36 heavy (non-hydrogen) atoms. The molecule has 0 atom stereocenters. The fraction of sp³-hybridized carbons (Fsp3) is 0. The van der Waals surface area contributed by atoms with Crippen LogP contribution >= 0.6 is 0 Å². The summed E-state index contributed by atoms with van der Waals surface area (Å²) in [5.41, 5.74) is 7.51. The van der Waals surface area contributed by atoms with Crippen molar-refractivity contribution in [1.29, 1.82) is 0 Å². The van der Waals surface area contributed by atoms with Gasteiger partial charge in [-0.25, -0.2) is 0 Å². The maximum atomic E-state index is 6.37. The van der Waals surface area contributed by atoms with E-state index in [1.54, 1.807) is 0 Å². The first-order valence-electron chi connectivity index (χ1n) is 12.2. The van der Waals surface area contributed by atoms with Gasteiger partial charge in [0, 0.05) is 16.8 Å². The van der Waals surface area contributed by atoms with Gasteiger partial charge in [0.25, 0.3) is 0 Å². The van der Waals surface area contributed by atoms with E-state index in [-0.39, 0.29) is 0 Å². The highest BCUT2D eigenvalue weighted by Crippen LogP contribution is 2.43. The van der Waals surface area contributed by atoms with Crippen molar-refractivity contribution in [3.63, 3.8) is 0 Å². The molecule has 0 amide bonds. The lowest BCUT2D eigenvalue weighted by Gasteiger charge is -2.26. The highest BCUT2D eigenvalue weighted by Gasteiger charge is 2.19. The number of rotatable bonds is 4. The number of nitrogens with zero attached hydrogens (tertiary/aromatic N) is 1. The van der Waals surface area contributed by atoms with Crippen molar-refractivity contribution in [2.45, 2.75) is 0 Å². The van der Waals surface area contributed by atoms with Crippen LogP contribution in [0.1, 0.15) is 0 Å². The molecule has 1 heterocycles. The van der Waals surface area contributed by atoms with E-state index < -0.39 is 0 Å². The number of furan rings is 1. The summed E-state index contributed by atoms with van der Waals surface area (Å²) in [6, 6.07) is 49.0. The van der Waals surface area contributed by atoms with Gasteiger partial charge >= 0.3 is 0 Å². The third-order valence-corrected chi connectivity index (χ3v) is 6.83. The third-order valence-electron chi connectivity index (χ3n) is 6.83. The van der Waals surface area contributed by atoms with Crippen molar-refractivity contribution in [2.75, 3.05) is 4.90 Å². The van der Waals surface area contributed by atoms with E-state index in [2.05, 4.69) is 138 Å². The number of benzene rings is 6. The van der Waals surface area contributed by atoms with Gasteiger partial charge in [-0.1, -0.05) is 91.0 Å². The van der Waals surface area contributed by atoms with E-state index in [1.807, 2.05) is 6.07 Å². The van der Waals surface area contributed by atoms with Gasteiger partial charge in [-0.3, -0.25) is 0 Å². The van der Waals surface area contributed by atoms with Gasteiger partial charge in [0.2, 0.25) is 0 Å². The summed E-state index contributed by atoms with van der Waals surface area (Å²) >= 11 is 0. The normalized spacial score (nSPS) is 11.3. The second-order valence-corrected chi connectivity index (χ2v) is 9.03. The maximum Gasteiger partial charge on any atom is 0.137 e. The summed E-state index contributed by atoms with van der Waals surface area (Å²) in [6.45, 7) is 0. The van der Waals surface area contributed by atoms with Crippen LogP contribution in [-0.4, -0.2) is 0 Å². The fourth-order valence-corrected chi connectivity index (χ4v) is 5.12. The lowest BCUT2D eigenvalue weighted by atomic mass is 10.0. The zero-order valence-electron chi connectivity index (χ0n) is 19.6. The third kappa shape index (κ3) is 3.43. The molecule has 6 aromatic carbocycles. The molecule has 7 aromatic rings. The molecule has 0 unspecified atom stereocenters. The molecule has 0 aliphatic heterocycles. The molecular formula is C34H23NO. The minimum Gasteiger partial charge on any atom is -0.456 e. The Morgan fingerprint density at radius 2 is 1.06 bits per heavy atom. The van der Waals surface area contributed by atoms with Gasteiger partial charge in [0.15, 0.2) is 0 Å². The molecule has 0 spiro atoms. The summed E-state index contributed by atoms with van der Waals surface area (Å²) in [7, 11) is 0. The molecular weight excluding hydrogens is 438 g/mol. The van der Waals surface area contributed by atoms with Crippen LogP contribution in [0.25, 0.3) is 43.8 Å². The van der Waals surface area contributed by atoms with E-state index >= 15 is 0 Å². The molecule has 0 fully saturated rings. The summed E-state index contributed by atoms with van der Waals surface area (Å²) in [6.07, 6.45) is 0. The van der Waals surface area contributed by atoms with Crippen LogP contribution in [-0.2, 0) is 0 Å². The maximum absolute atomic E-state index is 6.37. The van der Waals surface area contributed by atoms with Crippen LogP contribution in [0.3, 0.4) is 0 Å². The first-order valence-corrected chi connectivity index (χ1v) is 12.2. The summed E-state index contributed by atoms with van der Waals surface area (Å²) < 4.78 is 6.37. The molecule has 0 saturated carbocycles. The zero-order chi connectivity index (χ0) is 23.9. The van der Waals surface area contributed by atoms with E-state index in [4.69, 9.17) is 4.42 Å². The Morgan fingerprint density at radius 3 is 1.81 bits per heavy atom. The smallest absolute Gasteiger partial charge is 0.137 e. The Bertz CT molecular complexity index is 1820. The first-order chi connectivity index (χ1) is 17.8. The minimum atomic E-state index is 0.889. The zero-order valence-corrected chi connectivity index (χ0v) is 19.6. The minimum absolute atomic E-state index is 0.889. The Hall–Kier alpha value is -4.82. The quantitative estimate of drug-likeness (QED) is 0.259. The van der Waals surface area contributed by atoms with Gasteiger partial charge in [-0.05, 0) is 70.4 Å². The van der Waals surface area contributed by atoms with E-state index in [9.17, 15) is 0 Å². The van der Waals surface area contributed by atoms with Crippen LogP contribution in [0, 0.1) is 0 Å². The average Bonchev–Trinajstić information content (AvgIpc) is 3.31. The molecule has 0 aliphatic carbocycles. The van der Waals surface area contributed by atoms with Gasteiger partial charge in [-0.15, -0.1) is 0 Å². The van der Waals surface area contributed by atoms with Crippen molar-refractivity contribution in [1.82, 2.24) is 0 Å². The molecule has 0 radical (unpaired) electrons. The van der Waals surface area contributed by atoms with Crippen molar-refractivity contribution < 1.29 is 4.42 Å². The standard InChI is InChI=1S/C34H23NO/c1-3-10-24(11-4-1)25-18-20-29(21-19-25)35(28-14-5-2-6-15-28)31-16-9-17-32-34(31)30-22-26-12-7-8-13-27(26)23-33(30)36-32/h1-23H. The molecule has 0 aliphatic rings. The summed E-state index contributed by atoms with van der Waals surface area (Å²) in [4.78, 5) is 2.32. The molecule has 7 rings (SSSR count). The topological polar surface area (TPSA) is 16.4 Å².